The number of quaternary nitrogens is 1. The summed E-state index contributed by atoms with van der Waals surface area (Å²) in [6.07, 6.45) is 12.2. The molecule has 1 unspecified atom stereocenters. The van der Waals surface area contributed by atoms with Crippen LogP contribution in [0.25, 0.3) is 0 Å². The fraction of sp³-hybridized carbons (Fsp3) is 0.594. The molecule has 0 amide bonds. The largest absolute Gasteiger partial charge is 0.491 e. The van der Waals surface area contributed by atoms with Gasteiger partial charge < -0.3 is 14.0 Å². The molecule has 0 N–H and O–H groups in total. The molecule has 0 aliphatic heterocycles. The zero-order valence-electron chi connectivity index (χ0n) is 23.3. The van der Waals surface area contributed by atoms with E-state index in [2.05, 4.69) is 75.6 Å². The van der Waals surface area contributed by atoms with Crippen molar-refractivity contribution in [2.75, 3.05) is 27.2 Å². The maximum Gasteiger partial charge on any atom is 0.305 e. The number of aryl methyl sites for hydroxylation is 1. The quantitative estimate of drug-likeness (QED) is 0.113. The molecule has 0 heterocycles. The third-order valence-electron chi connectivity index (χ3n) is 6.71. The van der Waals surface area contributed by atoms with Crippen LogP contribution in [0.1, 0.15) is 89.2 Å². The molecule has 0 aliphatic rings. The maximum absolute atomic E-state index is 12.1. The van der Waals surface area contributed by atoms with Gasteiger partial charge in [0.25, 0.3) is 0 Å². The Labute approximate surface area is 220 Å². The smallest absolute Gasteiger partial charge is 0.305 e. The summed E-state index contributed by atoms with van der Waals surface area (Å²) < 4.78 is 12.4. The lowest BCUT2D eigenvalue weighted by atomic mass is 10.0. The fourth-order valence-corrected chi connectivity index (χ4v) is 4.51. The lowest BCUT2D eigenvalue weighted by Gasteiger charge is -2.30. The van der Waals surface area contributed by atoms with Crippen molar-refractivity contribution >= 4 is 5.97 Å². The number of hydrogen-bond acceptors (Lipinski definition) is 3. The van der Waals surface area contributed by atoms with Crippen molar-refractivity contribution < 1.29 is 18.8 Å². The second-order valence-electron chi connectivity index (χ2n) is 10.9. The minimum atomic E-state index is -0.102. The second-order valence-corrected chi connectivity index (χ2v) is 10.9. The van der Waals surface area contributed by atoms with E-state index in [0.29, 0.717) is 19.4 Å². The van der Waals surface area contributed by atoms with Gasteiger partial charge in [-0.05, 0) is 50.3 Å². The third-order valence-corrected chi connectivity index (χ3v) is 6.71. The lowest BCUT2D eigenvalue weighted by Crippen LogP contribution is -2.39. The van der Waals surface area contributed by atoms with Gasteiger partial charge in [-0.3, -0.25) is 4.79 Å². The molecule has 4 heteroatoms. The van der Waals surface area contributed by atoms with Crippen LogP contribution in [-0.2, 0) is 22.5 Å². The van der Waals surface area contributed by atoms with Crippen LogP contribution in [0.2, 0.25) is 0 Å². The highest BCUT2D eigenvalue weighted by atomic mass is 16.5. The van der Waals surface area contributed by atoms with E-state index in [1.165, 1.54) is 49.7 Å². The summed E-state index contributed by atoms with van der Waals surface area (Å²) in [6.45, 7) is 6.75. The van der Waals surface area contributed by atoms with E-state index in [0.717, 1.165) is 42.6 Å². The fourth-order valence-electron chi connectivity index (χ4n) is 4.51. The van der Waals surface area contributed by atoms with Crippen LogP contribution in [0.5, 0.6) is 5.75 Å². The Morgan fingerprint density at radius 1 is 0.833 bits per heavy atom. The predicted molar refractivity (Wildman–Crippen MR) is 150 cm³/mol. The molecular weight excluding hydrogens is 446 g/mol. The van der Waals surface area contributed by atoms with E-state index >= 15 is 0 Å². The first-order chi connectivity index (χ1) is 17.4. The second kappa shape index (κ2) is 17.2. The molecule has 2 aromatic rings. The van der Waals surface area contributed by atoms with Crippen LogP contribution in [0.15, 0.2) is 54.6 Å². The normalized spacial score (nSPS) is 12.3. The Kier molecular flexibility index (Phi) is 14.3. The standard InChI is InChI=1S/C32H50NO3/c1-5-6-7-8-9-11-16-29-20-22-31(23-21-29)36-28(2)24-26-35-32(34)19-14-15-25-33(3,4)27-30-17-12-10-13-18-30/h10,12-13,17-18,20-23,28H,5-9,11,14-16,19,24-27H2,1-4H3/q+1. The Hall–Kier alpha value is -2.33. The molecule has 36 heavy (non-hydrogen) atoms. The molecule has 0 bridgehead atoms. The van der Waals surface area contributed by atoms with Crippen LogP contribution in [0, 0.1) is 0 Å². The molecule has 1 atom stereocenters. The van der Waals surface area contributed by atoms with E-state index in [1.807, 2.05) is 6.92 Å². The molecule has 4 nitrogen and oxygen atoms in total. The number of carbonyl (C=O) groups is 1. The van der Waals surface area contributed by atoms with E-state index in [-0.39, 0.29) is 12.1 Å². The first kappa shape index (κ1) is 29.9. The van der Waals surface area contributed by atoms with Gasteiger partial charge in [0.05, 0.1) is 33.4 Å². The number of ether oxygens (including phenoxy) is 2. The first-order valence-electron chi connectivity index (χ1n) is 14.1. The molecule has 0 saturated heterocycles. The molecule has 0 radical (unpaired) electrons. The zero-order valence-corrected chi connectivity index (χ0v) is 23.3. The number of nitrogens with zero attached hydrogens (tertiary/aromatic N) is 1. The molecular formula is C32H50NO3+. The molecule has 0 aliphatic carbocycles. The lowest BCUT2D eigenvalue weighted by molar-refractivity contribution is -0.903. The summed E-state index contributed by atoms with van der Waals surface area (Å²) in [5.74, 6) is 0.784. The minimum Gasteiger partial charge on any atom is -0.491 e. The van der Waals surface area contributed by atoms with Gasteiger partial charge in [0, 0.05) is 18.4 Å². The van der Waals surface area contributed by atoms with Gasteiger partial charge in [-0.25, -0.2) is 0 Å². The van der Waals surface area contributed by atoms with Crippen molar-refractivity contribution in [3.05, 3.63) is 65.7 Å². The van der Waals surface area contributed by atoms with Gasteiger partial charge in [-0.15, -0.1) is 0 Å². The van der Waals surface area contributed by atoms with Crippen molar-refractivity contribution in [1.82, 2.24) is 0 Å². The van der Waals surface area contributed by atoms with Gasteiger partial charge in [0.2, 0.25) is 0 Å². The number of hydrogen-bond donors (Lipinski definition) is 0. The SMILES string of the molecule is CCCCCCCCc1ccc(OC(C)CCOC(=O)CCCC[N+](C)(C)Cc2ccccc2)cc1. The van der Waals surface area contributed by atoms with E-state index in [1.54, 1.807) is 0 Å². The van der Waals surface area contributed by atoms with Crippen molar-refractivity contribution in [3.63, 3.8) is 0 Å². The van der Waals surface area contributed by atoms with E-state index < -0.39 is 0 Å². The Morgan fingerprint density at radius 2 is 1.53 bits per heavy atom. The summed E-state index contributed by atoms with van der Waals surface area (Å²) >= 11 is 0. The maximum atomic E-state index is 12.1. The molecule has 0 aromatic heterocycles. The number of carbonyl (C=O) groups excluding carboxylic acids is 1. The molecule has 0 saturated carbocycles. The minimum absolute atomic E-state index is 0.0123. The van der Waals surface area contributed by atoms with E-state index in [9.17, 15) is 4.79 Å². The molecule has 0 fully saturated rings. The van der Waals surface area contributed by atoms with Gasteiger partial charge in [-0.1, -0.05) is 81.5 Å². The predicted octanol–water partition coefficient (Wildman–Crippen LogP) is 7.74. The average molecular weight is 497 g/mol. The molecule has 0 spiro atoms. The number of esters is 1. The Morgan fingerprint density at radius 3 is 2.25 bits per heavy atom. The van der Waals surface area contributed by atoms with Crippen molar-refractivity contribution in [1.29, 1.82) is 0 Å². The molecule has 200 valence electrons. The van der Waals surface area contributed by atoms with E-state index in [4.69, 9.17) is 9.47 Å². The summed E-state index contributed by atoms with van der Waals surface area (Å²) in [4.78, 5) is 12.1. The number of rotatable bonds is 19. The van der Waals surface area contributed by atoms with Crippen molar-refractivity contribution in [2.45, 2.75) is 97.1 Å². The molecule has 2 aromatic carbocycles. The number of benzene rings is 2. The van der Waals surface area contributed by atoms with Gasteiger partial charge >= 0.3 is 5.97 Å². The summed E-state index contributed by atoms with van der Waals surface area (Å²) in [5.41, 5.74) is 2.73. The Bertz CT molecular complexity index is 832. The number of unbranched alkanes of at least 4 members (excludes halogenated alkanes) is 6. The van der Waals surface area contributed by atoms with Crippen LogP contribution >= 0.6 is 0 Å². The van der Waals surface area contributed by atoms with Crippen LogP contribution in [0.4, 0.5) is 0 Å². The first-order valence-corrected chi connectivity index (χ1v) is 14.1. The zero-order chi connectivity index (χ0) is 26.1. The highest BCUT2D eigenvalue weighted by Gasteiger charge is 2.16. The van der Waals surface area contributed by atoms with Crippen molar-refractivity contribution in [2.24, 2.45) is 0 Å². The van der Waals surface area contributed by atoms with Crippen LogP contribution < -0.4 is 4.74 Å². The highest BCUT2D eigenvalue weighted by molar-refractivity contribution is 5.69. The van der Waals surface area contributed by atoms with Crippen molar-refractivity contribution in [3.8, 4) is 5.75 Å². The topological polar surface area (TPSA) is 35.5 Å². The van der Waals surface area contributed by atoms with Gasteiger partial charge in [0.15, 0.2) is 0 Å². The Balaban J connectivity index is 1.53. The average Bonchev–Trinajstić information content (AvgIpc) is 2.85. The molecule has 2 rings (SSSR count). The van der Waals surface area contributed by atoms with Gasteiger partial charge in [-0.2, -0.15) is 0 Å². The monoisotopic (exact) mass is 496 g/mol. The summed E-state index contributed by atoms with van der Waals surface area (Å²) in [7, 11) is 4.49. The summed E-state index contributed by atoms with van der Waals surface area (Å²) in [6, 6.07) is 19.1. The summed E-state index contributed by atoms with van der Waals surface area (Å²) in [5, 5.41) is 0. The van der Waals surface area contributed by atoms with Gasteiger partial charge in [0.1, 0.15) is 12.3 Å². The highest BCUT2D eigenvalue weighted by Crippen LogP contribution is 2.17. The third kappa shape index (κ3) is 13.7. The van der Waals surface area contributed by atoms with Crippen LogP contribution in [0.3, 0.4) is 0 Å². The van der Waals surface area contributed by atoms with Crippen LogP contribution in [-0.4, -0.2) is 43.8 Å².